The number of aliphatic carboxylic acids is 1. The van der Waals surface area contributed by atoms with Gasteiger partial charge in [-0.25, -0.2) is 9.59 Å². The van der Waals surface area contributed by atoms with Crippen LogP contribution in [0.25, 0.3) is 0 Å². The number of carbonyl (C=O) groups is 2. The molecular formula is C14H24N2O3S. The van der Waals surface area contributed by atoms with Gasteiger partial charge in [0, 0.05) is 12.6 Å². The van der Waals surface area contributed by atoms with Gasteiger partial charge in [-0.15, -0.1) is 0 Å². The number of carboxylic acids is 1. The Bertz CT molecular complexity index is 364. The van der Waals surface area contributed by atoms with Crippen LogP contribution in [0.15, 0.2) is 0 Å². The van der Waals surface area contributed by atoms with Crippen LogP contribution in [-0.2, 0) is 4.79 Å². The van der Waals surface area contributed by atoms with Crippen molar-refractivity contribution < 1.29 is 14.7 Å². The third-order valence-corrected chi connectivity index (χ3v) is 5.12. The minimum Gasteiger partial charge on any atom is -0.480 e. The molecule has 6 heteroatoms. The Hall–Kier alpha value is -0.910. The molecule has 114 valence electrons. The van der Waals surface area contributed by atoms with E-state index in [1.54, 1.807) is 11.8 Å². The van der Waals surface area contributed by atoms with E-state index < -0.39 is 12.0 Å². The smallest absolute Gasteiger partial charge is 0.326 e. The molecule has 0 radical (unpaired) electrons. The van der Waals surface area contributed by atoms with E-state index in [1.807, 2.05) is 11.2 Å². The molecule has 0 spiro atoms. The van der Waals surface area contributed by atoms with Gasteiger partial charge in [-0.1, -0.05) is 12.8 Å². The molecule has 0 aromatic rings. The summed E-state index contributed by atoms with van der Waals surface area (Å²) in [7, 11) is 0. The van der Waals surface area contributed by atoms with Crippen molar-refractivity contribution in [1.82, 2.24) is 10.2 Å². The number of amides is 2. The van der Waals surface area contributed by atoms with Gasteiger partial charge in [0.15, 0.2) is 0 Å². The highest BCUT2D eigenvalue weighted by molar-refractivity contribution is 7.98. The molecule has 2 N–H and O–H groups in total. The van der Waals surface area contributed by atoms with Crippen molar-refractivity contribution in [2.75, 3.05) is 18.6 Å². The van der Waals surface area contributed by atoms with Crippen LogP contribution < -0.4 is 5.32 Å². The number of thioether (sulfide) groups is 1. The zero-order chi connectivity index (χ0) is 14.5. The number of hydrogen-bond donors (Lipinski definition) is 2. The molecule has 0 aromatic heterocycles. The van der Waals surface area contributed by atoms with E-state index in [2.05, 4.69) is 5.32 Å². The van der Waals surface area contributed by atoms with Gasteiger partial charge in [0.2, 0.25) is 0 Å². The predicted molar refractivity (Wildman–Crippen MR) is 80.0 cm³/mol. The minimum atomic E-state index is -0.938. The average Bonchev–Trinajstić information content (AvgIpc) is 2.87. The fraction of sp³-hybridized carbons (Fsp3) is 0.857. The molecule has 1 heterocycles. The molecule has 0 aromatic carbocycles. The Morgan fingerprint density at radius 2 is 2.10 bits per heavy atom. The van der Waals surface area contributed by atoms with Crippen LogP contribution >= 0.6 is 11.8 Å². The molecule has 3 atom stereocenters. The number of carbonyl (C=O) groups excluding carboxylic acids is 1. The Morgan fingerprint density at radius 1 is 1.35 bits per heavy atom. The highest BCUT2D eigenvalue weighted by Crippen LogP contribution is 2.36. The fourth-order valence-corrected chi connectivity index (χ4v) is 3.85. The van der Waals surface area contributed by atoms with Crippen LogP contribution in [0.1, 0.15) is 38.5 Å². The molecule has 2 rings (SSSR count). The number of fused-ring (bicyclic) bond motifs is 1. The molecule has 2 unspecified atom stereocenters. The first-order valence-corrected chi connectivity index (χ1v) is 8.81. The van der Waals surface area contributed by atoms with Gasteiger partial charge in [0.25, 0.3) is 0 Å². The molecule has 2 amide bonds. The molecule has 2 aliphatic rings. The van der Waals surface area contributed by atoms with Gasteiger partial charge in [-0.2, -0.15) is 11.8 Å². The summed E-state index contributed by atoms with van der Waals surface area (Å²) in [5, 5.41) is 11.9. The first kappa shape index (κ1) is 15.5. The highest BCUT2D eigenvalue weighted by Gasteiger charge is 2.38. The zero-order valence-corrected chi connectivity index (χ0v) is 12.8. The van der Waals surface area contributed by atoms with E-state index in [-0.39, 0.29) is 6.03 Å². The predicted octanol–water partition coefficient (Wildman–Crippen LogP) is 2.17. The highest BCUT2D eigenvalue weighted by atomic mass is 32.2. The summed E-state index contributed by atoms with van der Waals surface area (Å²) in [6.07, 6.45) is 8.21. The lowest BCUT2D eigenvalue weighted by Crippen LogP contribution is -2.50. The molecule has 1 aliphatic carbocycles. The molecule has 20 heavy (non-hydrogen) atoms. The van der Waals surface area contributed by atoms with Gasteiger partial charge in [-0.05, 0) is 43.6 Å². The van der Waals surface area contributed by atoms with Crippen LogP contribution in [0, 0.1) is 5.92 Å². The van der Waals surface area contributed by atoms with Crippen LogP contribution in [0.5, 0.6) is 0 Å². The lowest BCUT2D eigenvalue weighted by atomic mass is 9.85. The second kappa shape index (κ2) is 7.20. The largest absolute Gasteiger partial charge is 0.480 e. The topological polar surface area (TPSA) is 69.6 Å². The molecule has 0 bridgehead atoms. The Kier molecular flexibility index (Phi) is 5.57. The maximum absolute atomic E-state index is 12.3. The van der Waals surface area contributed by atoms with Crippen molar-refractivity contribution >= 4 is 23.8 Å². The average molecular weight is 300 g/mol. The van der Waals surface area contributed by atoms with E-state index in [4.69, 9.17) is 0 Å². The summed E-state index contributed by atoms with van der Waals surface area (Å²) in [4.78, 5) is 25.4. The van der Waals surface area contributed by atoms with Crippen LogP contribution in [0.2, 0.25) is 0 Å². The normalized spacial score (nSPS) is 26.9. The van der Waals surface area contributed by atoms with Crippen LogP contribution in [-0.4, -0.2) is 52.6 Å². The Labute approximate surface area is 124 Å². The van der Waals surface area contributed by atoms with Crippen LogP contribution in [0.4, 0.5) is 4.79 Å². The maximum Gasteiger partial charge on any atom is 0.326 e. The van der Waals surface area contributed by atoms with Crippen molar-refractivity contribution in [3.63, 3.8) is 0 Å². The Morgan fingerprint density at radius 3 is 2.80 bits per heavy atom. The van der Waals surface area contributed by atoms with Crippen molar-refractivity contribution in [2.45, 2.75) is 50.6 Å². The number of likely N-dealkylation sites (tertiary alicyclic amines) is 1. The van der Waals surface area contributed by atoms with Gasteiger partial charge in [0.1, 0.15) is 6.04 Å². The summed E-state index contributed by atoms with van der Waals surface area (Å²) in [5.74, 6) is 0.430. The molecule has 1 saturated heterocycles. The second-order valence-corrected chi connectivity index (χ2v) is 6.70. The van der Waals surface area contributed by atoms with Gasteiger partial charge < -0.3 is 15.3 Å². The number of hydrogen-bond acceptors (Lipinski definition) is 3. The SMILES string of the molecule is CSCC[C@H](NC(=O)N1CCC2CCCCC21)C(=O)O. The van der Waals surface area contributed by atoms with Crippen LogP contribution in [0.3, 0.4) is 0 Å². The van der Waals surface area contributed by atoms with E-state index in [0.29, 0.717) is 18.4 Å². The van der Waals surface area contributed by atoms with Crippen molar-refractivity contribution in [2.24, 2.45) is 5.92 Å². The number of nitrogens with one attached hydrogen (secondary N) is 1. The molecule has 1 saturated carbocycles. The second-order valence-electron chi connectivity index (χ2n) is 5.72. The number of nitrogens with zero attached hydrogens (tertiary/aromatic N) is 1. The number of rotatable bonds is 5. The zero-order valence-electron chi connectivity index (χ0n) is 12.0. The summed E-state index contributed by atoms with van der Waals surface area (Å²) in [5.41, 5.74) is 0. The van der Waals surface area contributed by atoms with Crippen molar-refractivity contribution in [1.29, 1.82) is 0 Å². The fourth-order valence-electron chi connectivity index (χ4n) is 3.38. The van der Waals surface area contributed by atoms with E-state index in [0.717, 1.165) is 25.1 Å². The van der Waals surface area contributed by atoms with Gasteiger partial charge >= 0.3 is 12.0 Å². The summed E-state index contributed by atoms with van der Waals surface area (Å²) in [6.45, 7) is 0.774. The molecule has 1 aliphatic heterocycles. The standard InChI is InChI=1S/C14H24N2O3S/c1-20-9-7-11(13(17)18)15-14(19)16-8-6-10-4-2-3-5-12(10)16/h10-12H,2-9H2,1H3,(H,15,19)(H,17,18)/t10?,11-,12?/m0/s1. The first-order valence-electron chi connectivity index (χ1n) is 7.42. The maximum atomic E-state index is 12.3. The first-order chi connectivity index (χ1) is 9.63. The van der Waals surface area contributed by atoms with Gasteiger partial charge in [0.05, 0.1) is 0 Å². The summed E-state index contributed by atoms with van der Waals surface area (Å²) >= 11 is 1.60. The monoisotopic (exact) mass is 300 g/mol. The van der Waals surface area contributed by atoms with E-state index >= 15 is 0 Å². The molecular weight excluding hydrogens is 276 g/mol. The van der Waals surface area contributed by atoms with Gasteiger partial charge in [-0.3, -0.25) is 0 Å². The number of urea groups is 1. The van der Waals surface area contributed by atoms with E-state index in [1.165, 1.54) is 19.3 Å². The third kappa shape index (κ3) is 3.59. The molecule has 2 fully saturated rings. The van der Waals surface area contributed by atoms with Crippen molar-refractivity contribution in [3.05, 3.63) is 0 Å². The lowest BCUT2D eigenvalue weighted by Gasteiger charge is -2.32. The van der Waals surface area contributed by atoms with E-state index in [9.17, 15) is 14.7 Å². The quantitative estimate of drug-likeness (QED) is 0.816. The Balaban J connectivity index is 1.91. The number of carboxylic acid groups (broad SMARTS) is 1. The summed E-state index contributed by atoms with van der Waals surface area (Å²) < 4.78 is 0. The third-order valence-electron chi connectivity index (χ3n) is 4.48. The minimum absolute atomic E-state index is 0.187. The summed E-state index contributed by atoms with van der Waals surface area (Å²) in [6, 6.07) is -0.621. The van der Waals surface area contributed by atoms with Crippen molar-refractivity contribution in [3.8, 4) is 0 Å². The molecule has 5 nitrogen and oxygen atoms in total. The lowest BCUT2D eigenvalue weighted by molar-refractivity contribution is -0.139.